The molecule has 0 bridgehead atoms. The molecule has 0 fully saturated rings. The number of aliphatic hydroxyl groups excluding tert-OH is 1. The lowest BCUT2D eigenvalue weighted by molar-refractivity contribution is 0.147. The Kier molecular flexibility index (Phi) is 16.0. The Morgan fingerprint density at radius 1 is 0.640 bits per heavy atom. The summed E-state index contributed by atoms with van der Waals surface area (Å²) >= 11 is 0. The van der Waals surface area contributed by atoms with Crippen molar-refractivity contribution in [3.63, 3.8) is 0 Å². The lowest BCUT2D eigenvalue weighted by Crippen LogP contribution is -2.21. The summed E-state index contributed by atoms with van der Waals surface area (Å²) in [4.78, 5) is 0. The predicted molar refractivity (Wildman–Crippen MR) is 107 cm³/mol. The third-order valence-electron chi connectivity index (χ3n) is 5.01. The van der Waals surface area contributed by atoms with Crippen LogP contribution in [0.5, 0.6) is 0 Å². The van der Waals surface area contributed by atoms with Gasteiger partial charge in [-0.15, -0.1) is 0 Å². The van der Waals surface area contributed by atoms with Gasteiger partial charge in [0.1, 0.15) is 0 Å². The van der Waals surface area contributed by atoms with Gasteiger partial charge in [0.15, 0.2) is 0 Å². The van der Waals surface area contributed by atoms with Crippen molar-refractivity contribution in [1.82, 2.24) is 0 Å². The van der Waals surface area contributed by atoms with Crippen LogP contribution in [-0.2, 0) is 10.1 Å². The number of aliphatic hydroxyl groups is 1. The third kappa shape index (κ3) is 15.8. The maximum Gasteiger partial charge on any atom is 0.267 e. The molecule has 0 saturated carbocycles. The summed E-state index contributed by atoms with van der Waals surface area (Å²) in [7, 11) is -3.97. The average molecular weight is 379 g/mol. The van der Waals surface area contributed by atoms with Crippen LogP contribution in [0.25, 0.3) is 0 Å². The van der Waals surface area contributed by atoms with E-state index < -0.39 is 15.4 Å². The molecular formula is C20H42O4S. The highest BCUT2D eigenvalue weighted by Gasteiger charge is 2.22. The molecule has 0 saturated heterocycles. The van der Waals surface area contributed by atoms with E-state index in [1.165, 1.54) is 38.5 Å². The summed E-state index contributed by atoms with van der Waals surface area (Å²) in [5, 5.41) is 9.35. The highest BCUT2D eigenvalue weighted by Crippen LogP contribution is 2.19. The van der Waals surface area contributed by atoms with Crippen molar-refractivity contribution < 1.29 is 18.1 Å². The van der Waals surface area contributed by atoms with Crippen LogP contribution in [0.2, 0.25) is 0 Å². The lowest BCUT2D eigenvalue weighted by atomic mass is 10.0. The van der Waals surface area contributed by atoms with Crippen molar-refractivity contribution in [2.45, 2.75) is 128 Å². The quantitative estimate of drug-likeness (QED) is 0.230. The second-order valence-electron chi connectivity index (χ2n) is 7.48. The van der Waals surface area contributed by atoms with Crippen LogP contribution in [0.1, 0.15) is 117 Å². The fourth-order valence-electron chi connectivity index (χ4n) is 3.30. The smallest absolute Gasteiger partial charge is 0.267 e. The fourth-order valence-corrected chi connectivity index (χ4v) is 4.23. The van der Waals surface area contributed by atoms with Gasteiger partial charge in [0.25, 0.3) is 10.1 Å². The van der Waals surface area contributed by atoms with Crippen LogP contribution in [-0.4, -0.2) is 29.4 Å². The van der Waals surface area contributed by atoms with Crippen molar-refractivity contribution in [2.24, 2.45) is 0 Å². The van der Waals surface area contributed by atoms with Crippen molar-refractivity contribution in [2.75, 3.05) is 0 Å². The standard InChI is InChI=1S/C20H42O4S/c1-3-5-7-9-11-13-17-20(25(22,23)24)18-14-16-19(21)15-12-10-8-6-4-2/h19-21H,3-18H2,1-2H3,(H,22,23,24). The predicted octanol–water partition coefficient (Wildman–Crippen LogP) is 5.89. The normalized spacial score (nSPS) is 14.6. The zero-order chi connectivity index (χ0) is 19.0. The molecule has 0 rings (SSSR count). The number of hydrogen-bond donors (Lipinski definition) is 2. The van der Waals surface area contributed by atoms with E-state index in [1.807, 2.05) is 0 Å². The van der Waals surface area contributed by atoms with Gasteiger partial charge in [-0.25, -0.2) is 0 Å². The summed E-state index contributed by atoms with van der Waals surface area (Å²) in [5.41, 5.74) is 0. The van der Waals surface area contributed by atoms with E-state index in [9.17, 15) is 18.1 Å². The van der Waals surface area contributed by atoms with Gasteiger partial charge in [0.2, 0.25) is 0 Å². The first-order valence-electron chi connectivity index (χ1n) is 10.6. The average Bonchev–Trinajstić information content (AvgIpc) is 2.55. The number of rotatable bonds is 18. The molecule has 0 aliphatic heterocycles. The summed E-state index contributed by atoms with van der Waals surface area (Å²) in [6.45, 7) is 4.36. The molecule has 0 aliphatic rings. The summed E-state index contributed by atoms with van der Waals surface area (Å²) < 4.78 is 32.5. The Labute approximate surface area is 156 Å². The van der Waals surface area contributed by atoms with E-state index in [-0.39, 0.29) is 6.10 Å². The molecule has 0 heterocycles. The van der Waals surface area contributed by atoms with E-state index in [4.69, 9.17) is 0 Å². The Morgan fingerprint density at radius 3 is 1.56 bits per heavy atom. The maximum atomic E-state index is 11.5. The first-order valence-corrected chi connectivity index (χ1v) is 12.1. The topological polar surface area (TPSA) is 74.6 Å². The van der Waals surface area contributed by atoms with Crippen molar-refractivity contribution in [3.8, 4) is 0 Å². The summed E-state index contributed by atoms with van der Waals surface area (Å²) in [6.07, 6.45) is 15.3. The van der Waals surface area contributed by atoms with E-state index in [0.29, 0.717) is 25.7 Å². The second kappa shape index (κ2) is 16.1. The molecule has 0 radical (unpaired) electrons. The monoisotopic (exact) mass is 378 g/mol. The van der Waals surface area contributed by atoms with Gasteiger partial charge in [-0.3, -0.25) is 4.55 Å². The number of hydrogen-bond acceptors (Lipinski definition) is 3. The van der Waals surface area contributed by atoms with Crippen LogP contribution in [0.3, 0.4) is 0 Å². The highest BCUT2D eigenvalue weighted by molar-refractivity contribution is 7.86. The van der Waals surface area contributed by atoms with E-state index in [1.54, 1.807) is 0 Å². The molecule has 4 nitrogen and oxygen atoms in total. The molecule has 0 aromatic rings. The van der Waals surface area contributed by atoms with Gasteiger partial charge >= 0.3 is 0 Å². The molecule has 25 heavy (non-hydrogen) atoms. The maximum absolute atomic E-state index is 11.5. The minimum Gasteiger partial charge on any atom is -0.393 e. The first-order chi connectivity index (χ1) is 11.9. The molecule has 152 valence electrons. The number of unbranched alkanes of at least 4 members (excludes halogenated alkanes) is 9. The minimum absolute atomic E-state index is 0.335. The van der Waals surface area contributed by atoms with Gasteiger partial charge < -0.3 is 5.11 Å². The van der Waals surface area contributed by atoms with Crippen molar-refractivity contribution in [3.05, 3.63) is 0 Å². The lowest BCUT2D eigenvalue weighted by Gasteiger charge is -2.15. The Morgan fingerprint density at radius 2 is 1.04 bits per heavy atom. The first kappa shape index (κ1) is 24.9. The molecular weight excluding hydrogens is 336 g/mol. The van der Waals surface area contributed by atoms with Crippen molar-refractivity contribution in [1.29, 1.82) is 0 Å². The minimum atomic E-state index is -3.97. The highest BCUT2D eigenvalue weighted by atomic mass is 32.2. The molecule has 2 atom stereocenters. The van der Waals surface area contributed by atoms with Crippen LogP contribution < -0.4 is 0 Å². The van der Waals surface area contributed by atoms with Crippen LogP contribution in [0.15, 0.2) is 0 Å². The van der Waals surface area contributed by atoms with Gasteiger partial charge in [-0.1, -0.05) is 84.5 Å². The fraction of sp³-hybridized carbons (Fsp3) is 1.00. The molecule has 2 N–H and O–H groups in total. The van der Waals surface area contributed by atoms with Gasteiger partial charge in [0.05, 0.1) is 11.4 Å². The van der Waals surface area contributed by atoms with E-state index in [2.05, 4.69) is 13.8 Å². The molecule has 2 unspecified atom stereocenters. The van der Waals surface area contributed by atoms with Gasteiger partial charge in [0, 0.05) is 0 Å². The van der Waals surface area contributed by atoms with Crippen LogP contribution >= 0.6 is 0 Å². The summed E-state index contributed by atoms with van der Waals surface area (Å²) in [6, 6.07) is 0. The SMILES string of the molecule is CCCCCCCCC(CCCC(O)CCCCCCC)S(=O)(=O)O. The van der Waals surface area contributed by atoms with Crippen molar-refractivity contribution >= 4 is 10.1 Å². The Balaban J connectivity index is 3.88. The molecule has 0 amide bonds. The van der Waals surface area contributed by atoms with E-state index in [0.717, 1.165) is 38.5 Å². The third-order valence-corrected chi connectivity index (χ3v) is 6.32. The molecule has 0 spiro atoms. The Bertz CT molecular complexity index is 381. The van der Waals surface area contributed by atoms with E-state index >= 15 is 0 Å². The summed E-state index contributed by atoms with van der Waals surface area (Å²) in [5.74, 6) is 0. The zero-order valence-corrected chi connectivity index (χ0v) is 17.4. The van der Waals surface area contributed by atoms with Crippen LogP contribution in [0.4, 0.5) is 0 Å². The van der Waals surface area contributed by atoms with Gasteiger partial charge in [-0.05, 0) is 32.1 Å². The van der Waals surface area contributed by atoms with Gasteiger partial charge in [-0.2, -0.15) is 8.42 Å². The van der Waals surface area contributed by atoms with Crippen LogP contribution in [0, 0.1) is 0 Å². The largest absolute Gasteiger partial charge is 0.393 e. The zero-order valence-electron chi connectivity index (χ0n) is 16.6. The Hall–Kier alpha value is -0.130. The molecule has 0 aromatic heterocycles. The molecule has 5 heteroatoms. The second-order valence-corrected chi connectivity index (χ2v) is 9.18. The molecule has 0 aromatic carbocycles. The molecule has 0 aliphatic carbocycles.